The number of aromatic amines is 2. The normalized spacial score (nSPS) is 11.3. The van der Waals surface area contributed by atoms with Gasteiger partial charge in [0.15, 0.2) is 5.75 Å². The van der Waals surface area contributed by atoms with Crippen LogP contribution < -0.4 is 27.1 Å². The average molecular weight is 404 g/mol. The summed E-state index contributed by atoms with van der Waals surface area (Å²) in [6, 6.07) is 1.29. The van der Waals surface area contributed by atoms with Gasteiger partial charge in [0.05, 0.1) is 23.4 Å². The van der Waals surface area contributed by atoms with Crippen molar-refractivity contribution in [2.45, 2.75) is 27.3 Å². The molecule has 0 aliphatic heterocycles. The fraction of sp³-hybridized carbons (Fsp3) is 0.333. The second-order valence-corrected chi connectivity index (χ2v) is 7.86. The van der Waals surface area contributed by atoms with Crippen molar-refractivity contribution in [1.82, 2.24) is 14.5 Å². The van der Waals surface area contributed by atoms with E-state index in [0.717, 1.165) is 15.9 Å². The SMILES string of the molecule is Cc1c(C(N)=O)sc2[nH]c(=O)n(Cc3cc(=O)c(OCC(C)C)c[nH]3)c(=O)c12. The summed E-state index contributed by atoms with van der Waals surface area (Å²) in [5.74, 6) is -0.220. The van der Waals surface area contributed by atoms with Gasteiger partial charge in [-0.15, -0.1) is 11.3 Å². The quantitative estimate of drug-likeness (QED) is 0.561. The van der Waals surface area contributed by atoms with Gasteiger partial charge in [0, 0.05) is 18.0 Å². The molecule has 3 aromatic heterocycles. The molecule has 0 aliphatic carbocycles. The number of nitrogens with zero attached hydrogens (tertiary/aromatic N) is 1. The van der Waals surface area contributed by atoms with Crippen molar-refractivity contribution in [3.63, 3.8) is 0 Å². The second-order valence-electron chi connectivity index (χ2n) is 6.84. The Morgan fingerprint density at radius 1 is 1.32 bits per heavy atom. The number of hydrogen-bond donors (Lipinski definition) is 3. The van der Waals surface area contributed by atoms with Crippen LogP contribution in [-0.4, -0.2) is 27.0 Å². The van der Waals surface area contributed by atoms with Crippen molar-refractivity contribution in [3.05, 3.63) is 59.5 Å². The van der Waals surface area contributed by atoms with Crippen molar-refractivity contribution >= 4 is 27.5 Å². The topological polar surface area (TPSA) is 140 Å². The van der Waals surface area contributed by atoms with E-state index in [1.165, 1.54) is 12.3 Å². The van der Waals surface area contributed by atoms with Gasteiger partial charge < -0.3 is 15.5 Å². The zero-order chi connectivity index (χ0) is 20.6. The van der Waals surface area contributed by atoms with E-state index in [2.05, 4.69) is 9.97 Å². The molecule has 3 rings (SSSR count). The molecule has 0 bridgehead atoms. The first-order valence-corrected chi connectivity index (χ1v) is 9.41. The number of ether oxygens (including phenoxy) is 1. The maximum absolute atomic E-state index is 12.8. The molecule has 1 amide bonds. The highest BCUT2D eigenvalue weighted by molar-refractivity contribution is 7.20. The first-order valence-electron chi connectivity index (χ1n) is 8.59. The minimum Gasteiger partial charge on any atom is -0.488 e. The number of nitrogens with two attached hydrogens (primary N) is 1. The number of H-pyrrole nitrogens is 2. The van der Waals surface area contributed by atoms with Crippen LogP contribution in [0.5, 0.6) is 5.75 Å². The number of hydrogen-bond acceptors (Lipinski definition) is 6. The summed E-state index contributed by atoms with van der Waals surface area (Å²) in [4.78, 5) is 54.9. The van der Waals surface area contributed by atoms with Crippen LogP contribution in [0.15, 0.2) is 26.6 Å². The lowest BCUT2D eigenvalue weighted by atomic mass is 10.2. The van der Waals surface area contributed by atoms with Gasteiger partial charge in [-0.2, -0.15) is 0 Å². The molecule has 0 unspecified atom stereocenters. The zero-order valence-electron chi connectivity index (χ0n) is 15.6. The lowest BCUT2D eigenvalue weighted by Gasteiger charge is -2.09. The summed E-state index contributed by atoms with van der Waals surface area (Å²) in [6.45, 7) is 5.80. The smallest absolute Gasteiger partial charge is 0.329 e. The summed E-state index contributed by atoms with van der Waals surface area (Å²) < 4.78 is 6.39. The number of thiophene rings is 1. The van der Waals surface area contributed by atoms with Crippen LogP contribution in [0.4, 0.5) is 0 Å². The molecule has 4 N–H and O–H groups in total. The highest BCUT2D eigenvalue weighted by Gasteiger charge is 2.19. The molecule has 0 saturated carbocycles. The van der Waals surface area contributed by atoms with Crippen molar-refractivity contribution in [1.29, 1.82) is 0 Å². The zero-order valence-corrected chi connectivity index (χ0v) is 16.4. The number of carbonyl (C=O) groups excluding carboxylic acids is 1. The second kappa shape index (κ2) is 7.47. The van der Waals surface area contributed by atoms with Gasteiger partial charge in [0.25, 0.3) is 11.5 Å². The van der Waals surface area contributed by atoms with Gasteiger partial charge in [0.2, 0.25) is 5.43 Å². The Bertz CT molecular complexity index is 1230. The number of nitrogens with one attached hydrogen (secondary N) is 2. The molecule has 148 valence electrons. The lowest BCUT2D eigenvalue weighted by molar-refractivity contribution is 0.100. The lowest BCUT2D eigenvalue weighted by Crippen LogP contribution is -2.35. The Morgan fingerprint density at radius 2 is 2.04 bits per heavy atom. The van der Waals surface area contributed by atoms with E-state index in [9.17, 15) is 19.2 Å². The van der Waals surface area contributed by atoms with Crippen molar-refractivity contribution in [2.75, 3.05) is 6.61 Å². The third-order valence-electron chi connectivity index (χ3n) is 4.13. The molecule has 3 heterocycles. The van der Waals surface area contributed by atoms with Crippen LogP contribution in [-0.2, 0) is 6.54 Å². The number of primary amides is 1. The minimum absolute atomic E-state index is 0.134. The van der Waals surface area contributed by atoms with Crippen LogP contribution in [0, 0.1) is 12.8 Å². The summed E-state index contributed by atoms with van der Waals surface area (Å²) in [5, 5.41) is 0.234. The van der Waals surface area contributed by atoms with Crippen molar-refractivity contribution in [2.24, 2.45) is 11.7 Å². The predicted octanol–water partition coefficient (Wildman–Crippen LogP) is 0.930. The number of aromatic nitrogens is 3. The number of carbonyl (C=O) groups is 1. The molecular weight excluding hydrogens is 384 g/mol. The first-order chi connectivity index (χ1) is 13.2. The number of fused-ring (bicyclic) bond motifs is 1. The molecule has 0 atom stereocenters. The number of pyridine rings is 1. The summed E-state index contributed by atoms with van der Waals surface area (Å²) in [5.41, 5.74) is 4.58. The minimum atomic E-state index is -0.660. The molecule has 0 spiro atoms. The van der Waals surface area contributed by atoms with E-state index in [-0.39, 0.29) is 33.9 Å². The number of aryl methyl sites for hydroxylation is 1. The van der Waals surface area contributed by atoms with Crippen LogP contribution in [0.2, 0.25) is 0 Å². The molecule has 28 heavy (non-hydrogen) atoms. The van der Waals surface area contributed by atoms with E-state index in [4.69, 9.17) is 10.5 Å². The maximum atomic E-state index is 12.8. The number of amides is 1. The number of rotatable bonds is 6. The fourth-order valence-corrected chi connectivity index (χ4v) is 3.80. The first kappa shape index (κ1) is 19.6. The standard InChI is InChI=1S/C18H20N4O5S/c1-8(2)7-27-12-5-20-10(4-11(12)23)6-22-17(25)13-9(3)14(15(19)24)28-16(13)21-18(22)26/h4-5,8H,6-7H2,1-3H3,(H2,19,24)(H,20,23)(H,21,26). The molecule has 0 aliphatic rings. The van der Waals surface area contributed by atoms with Gasteiger partial charge in [0.1, 0.15) is 4.83 Å². The van der Waals surface area contributed by atoms with Crippen LogP contribution in [0.3, 0.4) is 0 Å². The van der Waals surface area contributed by atoms with Crippen molar-refractivity contribution in [3.8, 4) is 5.75 Å². The molecule has 0 aromatic carbocycles. The molecule has 9 nitrogen and oxygen atoms in total. The molecule has 10 heteroatoms. The average Bonchev–Trinajstić information content (AvgIpc) is 2.94. The van der Waals surface area contributed by atoms with E-state index >= 15 is 0 Å². The highest BCUT2D eigenvalue weighted by atomic mass is 32.1. The maximum Gasteiger partial charge on any atom is 0.329 e. The van der Waals surface area contributed by atoms with Gasteiger partial charge in [-0.3, -0.25) is 23.9 Å². The van der Waals surface area contributed by atoms with Crippen LogP contribution >= 0.6 is 11.3 Å². The molecule has 0 saturated heterocycles. The molecule has 0 fully saturated rings. The van der Waals surface area contributed by atoms with Gasteiger partial charge >= 0.3 is 5.69 Å². The highest BCUT2D eigenvalue weighted by Crippen LogP contribution is 2.25. The Morgan fingerprint density at radius 3 is 2.64 bits per heavy atom. The molecule has 3 aromatic rings. The van der Waals surface area contributed by atoms with Crippen LogP contribution in [0.1, 0.15) is 34.8 Å². The monoisotopic (exact) mass is 404 g/mol. The molecular formula is C18H20N4O5S. The van der Waals surface area contributed by atoms with E-state index in [1.54, 1.807) is 6.92 Å². The summed E-state index contributed by atoms with van der Waals surface area (Å²) in [7, 11) is 0. The Balaban J connectivity index is 2.01. The Labute approximate surface area is 162 Å². The predicted molar refractivity (Wildman–Crippen MR) is 106 cm³/mol. The largest absolute Gasteiger partial charge is 0.488 e. The van der Waals surface area contributed by atoms with Gasteiger partial charge in [-0.05, 0) is 18.4 Å². The summed E-state index contributed by atoms with van der Waals surface area (Å²) in [6.07, 6.45) is 1.42. The Hall–Kier alpha value is -3.14. The van der Waals surface area contributed by atoms with Crippen molar-refractivity contribution < 1.29 is 9.53 Å². The fourth-order valence-electron chi connectivity index (χ4n) is 2.76. The third-order valence-corrected chi connectivity index (χ3v) is 5.35. The van der Waals surface area contributed by atoms with E-state index < -0.39 is 17.2 Å². The van der Waals surface area contributed by atoms with Gasteiger partial charge in [-0.25, -0.2) is 4.79 Å². The molecule has 0 radical (unpaired) electrons. The van der Waals surface area contributed by atoms with E-state index in [0.29, 0.717) is 22.7 Å². The third kappa shape index (κ3) is 3.63. The van der Waals surface area contributed by atoms with E-state index in [1.807, 2.05) is 13.8 Å². The summed E-state index contributed by atoms with van der Waals surface area (Å²) >= 11 is 0.970. The van der Waals surface area contributed by atoms with Crippen LogP contribution in [0.25, 0.3) is 10.2 Å². The Kier molecular flexibility index (Phi) is 5.23. The van der Waals surface area contributed by atoms with Gasteiger partial charge in [-0.1, -0.05) is 13.8 Å².